The van der Waals surface area contributed by atoms with Crippen molar-refractivity contribution in [3.8, 4) is 0 Å². The molecule has 0 aromatic carbocycles. The van der Waals surface area contributed by atoms with Crippen molar-refractivity contribution in [2.75, 3.05) is 52.6 Å². The second kappa shape index (κ2) is 21.4. The van der Waals surface area contributed by atoms with Gasteiger partial charge in [0, 0.05) is 119 Å². The van der Waals surface area contributed by atoms with Gasteiger partial charge in [-0.05, 0) is 44.1 Å². The van der Waals surface area contributed by atoms with E-state index < -0.39 is 0 Å². The van der Waals surface area contributed by atoms with Crippen molar-refractivity contribution >= 4 is 17.3 Å². The Morgan fingerprint density at radius 2 is 1.16 bits per heavy atom. The molecule has 4 aliphatic heterocycles. The number of carbonyl (C=O) groups is 1. The van der Waals surface area contributed by atoms with Crippen LogP contribution in [0.2, 0.25) is 0 Å². The lowest BCUT2D eigenvalue weighted by Gasteiger charge is -2.21. The summed E-state index contributed by atoms with van der Waals surface area (Å²) in [6.07, 6.45) is 16.2. The summed E-state index contributed by atoms with van der Waals surface area (Å²) in [7, 11) is 0. The number of nitrogens with one attached hydrogen (secondary N) is 3. The minimum Gasteiger partial charge on any atom is -0.381 e. The van der Waals surface area contributed by atoms with Crippen LogP contribution < -0.4 is 16.4 Å². The average Bonchev–Trinajstić information content (AvgIpc) is 4.14. The van der Waals surface area contributed by atoms with Gasteiger partial charge in [0.2, 0.25) is 0 Å². The summed E-state index contributed by atoms with van der Waals surface area (Å²) < 4.78 is 14.4. The fourth-order valence-electron chi connectivity index (χ4n) is 8.91. The smallest absolute Gasteiger partial charge is 0.276 e. The Morgan fingerprint density at radius 3 is 1.62 bits per heavy atom. The van der Waals surface area contributed by atoms with Gasteiger partial charge in [0.25, 0.3) is 11.1 Å². The zero-order valence-electron chi connectivity index (χ0n) is 36.6. The summed E-state index contributed by atoms with van der Waals surface area (Å²) in [4.78, 5) is 69.3. The molecule has 0 spiro atoms. The number of aryl methyl sites for hydroxylation is 2. The van der Waals surface area contributed by atoms with E-state index in [2.05, 4.69) is 70.9 Å². The van der Waals surface area contributed by atoms with Crippen molar-refractivity contribution in [2.24, 2.45) is 11.8 Å². The van der Waals surface area contributed by atoms with Gasteiger partial charge in [0.15, 0.2) is 17.3 Å². The lowest BCUT2D eigenvalue weighted by atomic mass is 9.97. The van der Waals surface area contributed by atoms with E-state index >= 15 is 0 Å². The molecule has 4 atom stereocenters. The molecule has 0 radical (unpaired) electrons. The number of nitrogens with zero attached hydrogens (tertiary/aromatic N) is 11. The Labute approximate surface area is 372 Å². The molecule has 4 fully saturated rings. The third-order valence-corrected chi connectivity index (χ3v) is 12.6. The summed E-state index contributed by atoms with van der Waals surface area (Å²) in [6.45, 7) is 15.8. The first-order valence-corrected chi connectivity index (χ1v) is 22.3. The SMILES string of the molecule is C.CC1CNCC1c1nn2c(C3CCOCC3)ncc2c(=O)[nH]1.CCc1ncc(C=O)cn1.CCc1ncc(CN2CC(C)C(c3nn4c(C5CCOCC5)ncc4c(=O)[nH]3)C2)cn1. The third-order valence-electron chi connectivity index (χ3n) is 12.6. The average molecular weight is 879 g/mol. The summed E-state index contributed by atoms with van der Waals surface area (Å²) in [6, 6.07) is 0. The Morgan fingerprint density at radius 1 is 0.656 bits per heavy atom. The molecule has 342 valence electrons. The van der Waals surface area contributed by atoms with Crippen molar-refractivity contribution in [2.45, 2.75) is 104 Å². The first-order valence-electron chi connectivity index (χ1n) is 22.3. The monoisotopic (exact) mass is 879 g/mol. The number of hydrogen-bond acceptors (Lipinski definition) is 15. The van der Waals surface area contributed by atoms with Crippen LogP contribution in [-0.4, -0.2) is 123 Å². The number of likely N-dealkylation sites (tertiary alicyclic amines) is 1. The molecule has 0 bridgehead atoms. The van der Waals surface area contributed by atoms with Gasteiger partial charge in [-0.25, -0.2) is 38.9 Å². The number of ether oxygens (including phenoxy) is 2. The first kappa shape index (κ1) is 46.4. The van der Waals surface area contributed by atoms with Gasteiger partial charge in [0.1, 0.15) is 34.9 Å². The van der Waals surface area contributed by atoms with E-state index in [1.54, 1.807) is 21.4 Å². The highest BCUT2D eigenvalue weighted by atomic mass is 16.5. The van der Waals surface area contributed by atoms with Crippen molar-refractivity contribution in [1.29, 1.82) is 0 Å². The van der Waals surface area contributed by atoms with Gasteiger partial charge in [0.05, 0.1) is 18.0 Å². The van der Waals surface area contributed by atoms with Gasteiger partial charge in [-0.1, -0.05) is 35.1 Å². The Hall–Kier alpha value is -5.63. The lowest BCUT2D eigenvalue weighted by molar-refractivity contribution is 0.0831. The molecule has 19 heteroatoms. The number of carbonyl (C=O) groups excluding carboxylic acids is 1. The molecule has 10 rings (SSSR count). The molecule has 6 aromatic heterocycles. The van der Waals surface area contributed by atoms with Crippen LogP contribution in [0.1, 0.15) is 135 Å². The number of aromatic nitrogens is 12. The van der Waals surface area contributed by atoms with E-state index in [4.69, 9.17) is 19.7 Å². The molecule has 3 N–H and O–H groups in total. The largest absolute Gasteiger partial charge is 0.381 e. The standard InChI is InChI=1S/C22H29N7O2.C15H21N5O2.C7H8N2O.CH4/c1-3-19-23-8-15(9-24-19)12-28-11-14(2)17(13-28)20-26-22(30)18-10-25-21(29(18)27-20)16-4-6-31-7-5-16;1-9-6-16-7-11(9)13-18-15(21)12-8-17-14(20(12)19-13)10-2-4-22-5-3-10;1-2-7-8-3-6(5-10)4-9-7;/h8-10,14,16-17H,3-7,11-13H2,1-2H3,(H,26,27,30);8-11,16H,2-7H2,1H3,(H,18,19,21);3-5H,2H2,1H3;1H4. The molecule has 19 nitrogen and oxygen atoms in total. The molecule has 0 amide bonds. The van der Waals surface area contributed by atoms with Crippen LogP contribution in [0, 0.1) is 11.8 Å². The van der Waals surface area contributed by atoms with E-state index in [0.29, 0.717) is 34.4 Å². The maximum Gasteiger partial charge on any atom is 0.276 e. The first-order chi connectivity index (χ1) is 30.7. The van der Waals surface area contributed by atoms with Crippen molar-refractivity contribution in [1.82, 2.24) is 69.3 Å². The van der Waals surface area contributed by atoms with E-state index in [9.17, 15) is 14.4 Å². The van der Waals surface area contributed by atoms with Crippen molar-refractivity contribution < 1.29 is 14.3 Å². The second-order valence-corrected chi connectivity index (χ2v) is 17.1. The number of imidazole rings is 2. The summed E-state index contributed by atoms with van der Waals surface area (Å²) in [5, 5.41) is 13.0. The molecular formula is C45H62N14O5. The number of aromatic amines is 2. The topological polar surface area (TPSA) is 228 Å². The predicted molar refractivity (Wildman–Crippen MR) is 240 cm³/mol. The highest BCUT2D eigenvalue weighted by molar-refractivity contribution is 5.73. The third kappa shape index (κ3) is 10.5. The van der Waals surface area contributed by atoms with Gasteiger partial charge in [-0.15, -0.1) is 0 Å². The lowest BCUT2D eigenvalue weighted by Crippen LogP contribution is -2.24. The number of H-pyrrole nitrogens is 2. The fraction of sp³-hybridized carbons (Fsp3) is 0.578. The van der Waals surface area contributed by atoms with Crippen LogP contribution in [0.15, 0.2) is 46.8 Å². The number of fused-ring (bicyclic) bond motifs is 2. The zero-order chi connectivity index (χ0) is 43.9. The maximum absolute atomic E-state index is 12.8. The van der Waals surface area contributed by atoms with Gasteiger partial charge in [-0.3, -0.25) is 19.3 Å². The molecule has 0 saturated carbocycles. The second-order valence-electron chi connectivity index (χ2n) is 17.1. The Balaban J connectivity index is 0.000000161. The summed E-state index contributed by atoms with van der Waals surface area (Å²) in [5.74, 6) is 6.78. The Kier molecular flexibility index (Phi) is 15.5. The van der Waals surface area contributed by atoms with E-state index in [0.717, 1.165) is 144 Å². The molecule has 10 heterocycles. The van der Waals surface area contributed by atoms with Crippen molar-refractivity contribution in [3.05, 3.63) is 104 Å². The van der Waals surface area contributed by atoms with Crippen LogP contribution in [0.3, 0.4) is 0 Å². The minimum absolute atomic E-state index is 0. The number of aldehydes is 1. The molecule has 4 saturated heterocycles. The van der Waals surface area contributed by atoms with E-state index in [1.165, 1.54) is 12.4 Å². The minimum atomic E-state index is -0.120. The molecule has 4 unspecified atom stereocenters. The van der Waals surface area contributed by atoms with Crippen LogP contribution in [0.25, 0.3) is 11.0 Å². The van der Waals surface area contributed by atoms with E-state index in [-0.39, 0.29) is 36.3 Å². The quantitative estimate of drug-likeness (QED) is 0.174. The highest BCUT2D eigenvalue weighted by Gasteiger charge is 2.34. The predicted octanol–water partition coefficient (Wildman–Crippen LogP) is 4.02. The number of hydrogen-bond donors (Lipinski definition) is 3. The maximum atomic E-state index is 12.8. The fourth-order valence-corrected chi connectivity index (χ4v) is 8.91. The van der Waals surface area contributed by atoms with Crippen LogP contribution in [0.4, 0.5) is 0 Å². The molecule has 6 aromatic rings. The highest BCUT2D eigenvalue weighted by Crippen LogP contribution is 2.32. The van der Waals surface area contributed by atoms with Crippen LogP contribution in [-0.2, 0) is 28.9 Å². The normalized spacial score (nSPS) is 21.8. The van der Waals surface area contributed by atoms with Gasteiger partial charge < -0.3 is 24.8 Å². The van der Waals surface area contributed by atoms with Crippen molar-refractivity contribution in [3.63, 3.8) is 0 Å². The summed E-state index contributed by atoms with van der Waals surface area (Å²) in [5.41, 5.74) is 2.46. The summed E-state index contributed by atoms with van der Waals surface area (Å²) >= 11 is 0. The zero-order valence-corrected chi connectivity index (χ0v) is 36.6. The van der Waals surface area contributed by atoms with Crippen LogP contribution in [0.5, 0.6) is 0 Å². The van der Waals surface area contributed by atoms with Crippen LogP contribution >= 0.6 is 0 Å². The molecular weight excluding hydrogens is 817 g/mol. The van der Waals surface area contributed by atoms with Gasteiger partial charge in [-0.2, -0.15) is 10.2 Å². The van der Waals surface area contributed by atoms with E-state index in [1.807, 2.05) is 19.3 Å². The number of rotatable bonds is 9. The Bertz CT molecular complexity index is 2560. The molecule has 0 aliphatic carbocycles. The van der Waals surface area contributed by atoms with Gasteiger partial charge >= 0.3 is 0 Å². The molecule has 64 heavy (non-hydrogen) atoms. The molecule has 4 aliphatic rings.